The van der Waals surface area contributed by atoms with Gasteiger partial charge in [-0.25, -0.2) is 4.98 Å². The second-order valence-electron chi connectivity index (χ2n) is 30.0. The molecular formula is C75H124N26O20. The van der Waals surface area contributed by atoms with E-state index in [1.54, 1.807) is 71.9 Å². The molecule has 34 N–H and O–H groups in total. The molecule has 0 saturated carbocycles. The number of benzene rings is 1. The van der Waals surface area contributed by atoms with Crippen LogP contribution in [0.2, 0.25) is 0 Å². The molecule has 0 unspecified atom stereocenters. The van der Waals surface area contributed by atoms with Gasteiger partial charge in [0.1, 0.15) is 72.5 Å². The number of hydrogen-bond acceptors (Lipinski definition) is 23. The summed E-state index contributed by atoms with van der Waals surface area (Å²) < 4.78 is 0. The third-order valence-electron chi connectivity index (χ3n) is 18.6. The maximum Gasteiger partial charge on any atom is 0.325 e. The molecule has 46 heteroatoms. The van der Waals surface area contributed by atoms with Crippen molar-refractivity contribution in [3.8, 4) is 0 Å². The monoisotopic (exact) mass is 1710 g/mol. The first-order chi connectivity index (χ1) is 56.9. The van der Waals surface area contributed by atoms with E-state index in [1.165, 1.54) is 19.4 Å². The van der Waals surface area contributed by atoms with E-state index in [0.717, 1.165) is 0 Å². The topological polar surface area (TPSA) is 787 Å². The third-order valence-corrected chi connectivity index (χ3v) is 18.6. The Morgan fingerprint density at radius 3 is 1.29 bits per heavy atom. The highest BCUT2D eigenvalue weighted by Gasteiger charge is 2.39. The highest BCUT2D eigenvalue weighted by molar-refractivity contribution is 6.01. The van der Waals surface area contributed by atoms with Gasteiger partial charge < -0.3 is 135 Å². The van der Waals surface area contributed by atoms with Crippen LogP contribution in [0.15, 0.2) is 42.9 Å². The van der Waals surface area contributed by atoms with E-state index in [4.69, 9.17) is 51.0 Å². The molecule has 0 fully saturated rings. The Morgan fingerprint density at radius 1 is 0.438 bits per heavy atom. The number of guanidine groups is 2. The van der Waals surface area contributed by atoms with Gasteiger partial charge in [0.2, 0.25) is 94.5 Å². The van der Waals surface area contributed by atoms with E-state index in [2.05, 4.69) is 89.7 Å². The lowest BCUT2D eigenvalue weighted by molar-refractivity contribution is -0.142. The van der Waals surface area contributed by atoms with Gasteiger partial charge in [0.25, 0.3) is 0 Å². The second-order valence-corrected chi connectivity index (χ2v) is 30.0. The Balaban J connectivity index is 2.60. The van der Waals surface area contributed by atoms with Crippen LogP contribution in [0.3, 0.4) is 0 Å². The first-order valence-electron chi connectivity index (χ1n) is 39.8. The molecule has 0 spiro atoms. The second kappa shape index (κ2) is 55.2. The minimum Gasteiger partial charge on any atom is -0.481 e. The molecule has 1 aromatic heterocycles. The zero-order valence-corrected chi connectivity index (χ0v) is 69.3. The Bertz CT molecular complexity index is 3830. The summed E-state index contributed by atoms with van der Waals surface area (Å²) in [5.41, 5.74) is 39.7. The fraction of sp³-hybridized carbons (Fsp3) is 0.613. The number of hydrogen-bond donors (Lipinski definition) is 27. The van der Waals surface area contributed by atoms with Gasteiger partial charge in [-0.2, -0.15) is 0 Å². The van der Waals surface area contributed by atoms with Crippen LogP contribution in [-0.2, 0) is 99.1 Å². The van der Waals surface area contributed by atoms with E-state index in [1.807, 2.05) is 0 Å². The molecule has 674 valence electrons. The number of nitrogens with two attached hydrogens (primary N) is 7. The van der Waals surface area contributed by atoms with Crippen LogP contribution in [0.1, 0.15) is 169 Å². The number of nitrogens with zero attached hydrogens (tertiary/aromatic N) is 1. The van der Waals surface area contributed by atoms with Gasteiger partial charge >= 0.3 is 11.9 Å². The molecule has 46 nitrogen and oxygen atoms in total. The molecule has 0 aliphatic rings. The number of amides is 16. The predicted molar refractivity (Wildman–Crippen MR) is 437 cm³/mol. The van der Waals surface area contributed by atoms with Gasteiger partial charge in [-0.05, 0) is 114 Å². The number of primary amides is 3. The highest BCUT2D eigenvalue weighted by atomic mass is 16.4. The molecule has 0 bridgehead atoms. The Kier molecular flexibility index (Phi) is 47.6. The number of imidazole rings is 1. The quantitative estimate of drug-likeness (QED) is 0.0166. The van der Waals surface area contributed by atoms with Crippen molar-refractivity contribution in [2.75, 3.05) is 26.2 Å². The number of nitrogens with one attached hydrogen (secondary N) is 18. The van der Waals surface area contributed by atoms with Gasteiger partial charge in [0.05, 0.1) is 31.0 Å². The predicted octanol–water partition coefficient (Wildman–Crippen LogP) is -7.37. The number of aromatic amines is 1. The van der Waals surface area contributed by atoms with Crippen LogP contribution >= 0.6 is 0 Å². The first kappa shape index (κ1) is 104. The maximum atomic E-state index is 15.0. The number of unbranched alkanes of at least 4 members (excludes halogenated alkanes) is 1. The fourth-order valence-electron chi connectivity index (χ4n) is 11.9. The fourth-order valence-corrected chi connectivity index (χ4v) is 11.9. The van der Waals surface area contributed by atoms with Gasteiger partial charge in [-0.3, -0.25) is 97.1 Å². The zero-order valence-electron chi connectivity index (χ0n) is 69.3. The molecule has 0 saturated heterocycles. The van der Waals surface area contributed by atoms with Gasteiger partial charge in [0, 0.05) is 51.4 Å². The van der Waals surface area contributed by atoms with E-state index in [-0.39, 0.29) is 115 Å². The van der Waals surface area contributed by atoms with E-state index in [9.17, 15) is 96.5 Å². The minimum atomic E-state index is -1.83. The van der Waals surface area contributed by atoms with Crippen molar-refractivity contribution in [1.29, 1.82) is 10.8 Å². The summed E-state index contributed by atoms with van der Waals surface area (Å²) in [6, 6.07) is -11.9. The van der Waals surface area contributed by atoms with Crippen molar-refractivity contribution in [2.45, 2.75) is 249 Å². The molecule has 0 aliphatic heterocycles. The number of H-pyrrole nitrogens is 1. The zero-order chi connectivity index (χ0) is 91.2. The maximum absolute atomic E-state index is 15.0. The number of aromatic nitrogens is 2. The first-order valence-corrected chi connectivity index (χ1v) is 39.8. The molecule has 14 atom stereocenters. The number of carboxylic acid groups (broad SMARTS) is 2. The van der Waals surface area contributed by atoms with Crippen LogP contribution < -0.4 is 120 Å². The summed E-state index contributed by atoms with van der Waals surface area (Å²) in [4.78, 5) is 251. The summed E-state index contributed by atoms with van der Waals surface area (Å²) in [5.74, 6) is -20.9. The van der Waals surface area contributed by atoms with Crippen molar-refractivity contribution in [1.82, 2.24) is 89.7 Å². The minimum absolute atomic E-state index is 0.0104. The van der Waals surface area contributed by atoms with E-state index < -0.39 is 241 Å². The van der Waals surface area contributed by atoms with Crippen LogP contribution in [0.5, 0.6) is 0 Å². The molecule has 1 heterocycles. The summed E-state index contributed by atoms with van der Waals surface area (Å²) in [6.45, 7) is 10.5. The number of carbonyl (C=O) groups excluding carboxylic acids is 16. The molecule has 121 heavy (non-hydrogen) atoms. The molecular weight excluding hydrogens is 1580 g/mol. The number of carbonyl (C=O) groups is 18. The van der Waals surface area contributed by atoms with E-state index in [0.29, 0.717) is 17.7 Å². The normalized spacial score (nSPS) is 14.5. The number of aliphatic carboxylic acids is 2. The lowest BCUT2D eigenvalue weighted by Crippen LogP contribution is -2.62. The molecule has 2 rings (SSSR count). The highest BCUT2D eigenvalue weighted by Crippen LogP contribution is 2.17. The van der Waals surface area contributed by atoms with Crippen molar-refractivity contribution >= 4 is 118 Å². The Morgan fingerprint density at radius 2 is 0.851 bits per heavy atom. The molecule has 2 aromatic rings. The Hall–Kier alpha value is -12.6. The standard InChI is InChI=1S/C75H124N26O20/c1-8-40(6)60(101-71(118)52(32-42-16-10-9-11-17-42)100-65(112)47(20-15-29-87-75(83)84)94-70(117)54(34-57(80)104)91-58(105)36-88-62(109)53(33-43-35-85-37-89-43)97-61(108)44(77)21-24-55(78)102)72(119)96-48(22-25-56(79)103)67(114)99-50(30-38(2)3)68(115)93-45(18-12-13-27-76)64(111)98-51(31-39(4)5)69(116)95-49(23-26-59(106)107)66(113)92-46(19-14-28-86-74(81)82)63(110)90-41(7)73(120)121/h9-11,16-17,35,37-41,44-54,60H,8,12-15,18-34,36,76-77H2,1-7H3,(H2,78,102)(H2,79,103)(H2,80,104)(H,85,89)(H,88,109)(H,90,110)(H,91,105)(H,92,113)(H,93,115)(H,94,117)(H,95,116)(H,96,119)(H,97,108)(H,98,111)(H,99,114)(H,100,112)(H,101,118)(H,106,107)(H,120,121)(H4,81,82,86)(H4,83,84,87)/t40-,41-,44-,45-,46-,47-,48-,49-,50-,51-,52-,53-,54-,60-/m0/s1. The van der Waals surface area contributed by atoms with Crippen LogP contribution in [-0.4, -0.2) is 243 Å². The van der Waals surface area contributed by atoms with Crippen LogP contribution in [0.4, 0.5) is 0 Å². The molecule has 0 radical (unpaired) electrons. The summed E-state index contributed by atoms with van der Waals surface area (Å²) in [5, 5.41) is 71.9. The number of carboxylic acids is 2. The van der Waals surface area contributed by atoms with Crippen LogP contribution in [0.25, 0.3) is 0 Å². The van der Waals surface area contributed by atoms with Crippen molar-refractivity contribution in [3.05, 3.63) is 54.1 Å². The summed E-state index contributed by atoms with van der Waals surface area (Å²) in [7, 11) is 0. The Labute approximate surface area is 699 Å². The van der Waals surface area contributed by atoms with Crippen molar-refractivity contribution in [2.24, 2.45) is 57.9 Å². The molecule has 0 aliphatic carbocycles. The largest absolute Gasteiger partial charge is 0.481 e. The molecule has 1 aromatic carbocycles. The average molecular weight is 1710 g/mol. The lowest BCUT2D eigenvalue weighted by atomic mass is 9.96. The van der Waals surface area contributed by atoms with Crippen molar-refractivity contribution in [3.63, 3.8) is 0 Å². The van der Waals surface area contributed by atoms with Crippen molar-refractivity contribution < 1.29 is 96.5 Å². The van der Waals surface area contributed by atoms with Gasteiger partial charge in [0.15, 0.2) is 11.9 Å². The van der Waals surface area contributed by atoms with E-state index >= 15 is 0 Å². The molecule has 16 amide bonds. The van der Waals surface area contributed by atoms with Gasteiger partial charge in [-0.1, -0.05) is 78.3 Å². The summed E-state index contributed by atoms with van der Waals surface area (Å²) in [6.07, 6.45) is -1.25. The van der Waals surface area contributed by atoms with Crippen LogP contribution in [0, 0.1) is 28.6 Å². The SMILES string of the molecule is CC[C@H](C)[C@H](NC(=O)[C@H](Cc1ccccc1)NC(=O)[C@H](CCCNC(=N)N)NC(=O)[C@H](CC(N)=O)NC(=O)CNC(=O)[C@H](Cc1c[nH]cn1)NC(=O)[C@@H](N)CCC(N)=O)C(=O)N[C@@H](CCC(N)=O)C(=O)N[C@@H](CC(C)C)C(=O)N[C@@H](CCCCN)C(=O)N[C@@H](CC(C)C)C(=O)N[C@@H](CCC(=O)O)C(=O)N[C@@H](CCCNC(=N)N)C(=O)N[C@@H](C)C(=O)O. The average Bonchev–Trinajstić information content (AvgIpc) is 1.26. The van der Waals surface area contributed by atoms with Gasteiger partial charge in [-0.15, -0.1) is 0 Å². The number of rotatable bonds is 60. The summed E-state index contributed by atoms with van der Waals surface area (Å²) >= 11 is 0. The smallest absolute Gasteiger partial charge is 0.325 e. The third kappa shape index (κ3) is 42.5. The lowest BCUT2D eigenvalue weighted by Gasteiger charge is -2.30.